The molecular formula is C17H16ClNO. The standard InChI is InChI=1S/C17H16ClNO/c1-12-4-2-3-5-15(12)16(20)19-17(10-11-17)13-6-8-14(18)9-7-13/h2-9H,10-11H2,1H3,(H,19,20). The van der Waals surface area contributed by atoms with Gasteiger partial charge in [0.2, 0.25) is 0 Å². The van der Waals surface area contributed by atoms with Gasteiger partial charge in [-0.25, -0.2) is 0 Å². The molecule has 1 aliphatic rings. The minimum atomic E-state index is -0.204. The van der Waals surface area contributed by atoms with Gasteiger partial charge in [0, 0.05) is 10.6 Å². The number of halogens is 1. The van der Waals surface area contributed by atoms with E-state index in [0.29, 0.717) is 0 Å². The van der Waals surface area contributed by atoms with Crippen molar-refractivity contribution in [2.75, 3.05) is 0 Å². The Bertz CT molecular complexity index is 644. The molecule has 0 bridgehead atoms. The van der Waals surface area contributed by atoms with Crippen molar-refractivity contribution in [2.45, 2.75) is 25.3 Å². The summed E-state index contributed by atoms with van der Waals surface area (Å²) in [4.78, 5) is 12.4. The van der Waals surface area contributed by atoms with Gasteiger partial charge in [0.05, 0.1) is 5.54 Å². The molecule has 0 aliphatic heterocycles. The third-order valence-corrected chi connectivity index (χ3v) is 4.14. The summed E-state index contributed by atoms with van der Waals surface area (Å²) in [6.07, 6.45) is 1.96. The zero-order valence-electron chi connectivity index (χ0n) is 11.3. The van der Waals surface area contributed by atoms with Gasteiger partial charge in [-0.2, -0.15) is 0 Å². The molecule has 102 valence electrons. The van der Waals surface area contributed by atoms with Gasteiger partial charge < -0.3 is 5.32 Å². The van der Waals surface area contributed by atoms with Crippen LogP contribution in [-0.4, -0.2) is 5.91 Å². The van der Waals surface area contributed by atoms with E-state index in [9.17, 15) is 4.79 Å². The van der Waals surface area contributed by atoms with Gasteiger partial charge in [0.25, 0.3) is 5.91 Å². The summed E-state index contributed by atoms with van der Waals surface area (Å²) in [7, 11) is 0. The molecule has 0 radical (unpaired) electrons. The second kappa shape index (κ2) is 4.95. The molecule has 0 atom stereocenters. The van der Waals surface area contributed by atoms with Crippen LogP contribution in [0.3, 0.4) is 0 Å². The van der Waals surface area contributed by atoms with E-state index in [1.165, 1.54) is 0 Å². The number of carbonyl (C=O) groups excluding carboxylic acids is 1. The molecule has 2 nitrogen and oxygen atoms in total. The number of aryl methyl sites for hydroxylation is 1. The van der Waals surface area contributed by atoms with E-state index in [4.69, 9.17) is 11.6 Å². The van der Waals surface area contributed by atoms with E-state index in [1.807, 2.05) is 55.5 Å². The Morgan fingerprint density at radius 2 is 1.75 bits per heavy atom. The monoisotopic (exact) mass is 285 g/mol. The van der Waals surface area contributed by atoms with E-state index in [-0.39, 0.29) is 11.4 Å². The lowest BCUT2D eigenvalue weighted by atomic mass is 10.0. The average Bonchev–Trinajstić information content (AvgIpc) is 3.20. The molecule has 1 fully saturated rings. The Balaban J connectivity index is 1.82. The summed E-state index contributed by atoms with van der Waals surface area (Å²) in [6, 6.07) is 15.4. The minimum Gasteiger partial charge on any atom is -0.343 e. The largest absolute Gasteiger partial charge is 0.343 e. The molecule has 1 amide bonds. The second-order valence-corrected chi connectivity index (χ2v) is 5.79. The summed E-state index contributed by atoms with van der Waals surface area (Å²) in [5.74, 6) is -0.00412. The van der Waals surface area contributed by atoms with E-state index < -0.39 is 0 Å². The Kier molecular flexibility index (Phi) is 3.27. The van der Waals surface area contributed by atoms with E-state index in [0.717, 1.165) is 34.6 Å². The molecular weight excluding hydrogens is 270 g/mol. The van der Waals surface area contributed by atoms with Crippen LogP contribution in [0, 0.1) is 6.92 Å². The van der Waals surface area contributed by atoms with Gasteiger partial charge >= 0.3 is 0 Å². The lowest BCUT2D eigenvalue weighted by Crippen LogP contribution is -2.35. The van der Waals surface area contributed by atoms with Gasteiger partial charge in [0.15, 0.2) is 0 Å². The van der Waals surface area contributed by atoms with Gasteiger partial charge in [-0.05, 0) is 49.1 Å². The van der Waals surface area contributed by atoms with Crippen LogP contribution in [0.25, 0.3) is 0 Å². The summed E-state index contributed by atoms with van der Waals surface area (Å²) >= 11 is 5.92. The van der Waals surface area contributed by atoms with Gasteiger partial charge in [-0.1, -0.05) is 41.9 Å². The zero-order chi connectivity index (χ0) is 14.2. The molecule has 1 N–H and O–H groups in total. The van der Waals surface area contributed by atoms with Crippen molar-refractivity contribution in [1.82, 2.24) is 5.32 Å². The molecule has 3 rings (SSSR count). The summed E-state index contributed by atoms with van der Waals surface area (Å²) < 4.78 is 0. The highest BCUT2D eigenvalue weighted by Gasteiger charge is 2.45. The van der Waals surface area contributed by atoms with Crippen LogP contribution in [0.2, 0.25) is 5.02 Å². The van der Waals surface area contributed by atoms with Crippen LogP contribution < -0.4 is 5.32 Å². The molecule has 0 heterocycles. The maximum Gasteiger partial charge on any atom is 0.252 e. The molecule has 0 unspecified atom stereocenters. The SMILES string of the molecule is Cc1ccccc1C(=O)NC1(c2ccc(Cl)cc2)CC1. The first kappa shape index (κ1) is 13.2. The Morgan fingerprint density at radius 1 is 1.10 bits per heavy atom. The van der Waals surface area contributed by atoms with Crippen molar-refractivity contribution >= 4 is 17.5 Å². The third-order valence-electron chi connectivity index (χ3n) is 3.89. The fraction of sp³-hybridized carbons (Fsp3) is 0.235. The molecule has 0 aromatic heterocycles. The molecule has 0 spiro atoms. The molecule has 0 saturated heterocycles. The second-order valence-electron chi connectivity index (χ2n) is 5.36. The smallest absolute Gasteiger partial charge is 0.252 e. The third kappa shape index (κ3) is 2.44. The summed E-state index contributed by atoms with van der Waals surface area (Å²) in [5, 5.41) is 3.90. The van der Waals surface area contributed by atoms with Crippen molar-refractivity contribution in [1.29, 1.82) is 0 Å². The van der Waals surface area contributed by atoms with Crippen LogP contribution in [0.4, 0.5) is 0 Å². The number of rotatable bonds is 3. The lowest BCUT2D eigenvalue weighted by Gasteiger charge is -2.19. The predicted molar refractivity (Wildman–Crippen MR) is 81.0 cm³/mol. The highest BCUT2D eigenvalue weighted by Crippen LogP contribution is 2.45. The van der Waals surface area contributed by atoms with Crippen LogP contribution >= 0.6 is 11.6 Å². The minimum absolute atomic E-state index is 0.00412. The van der Waals surface area contributed by atoms with Crippen molar-refractivity contribution in [3.63, 3.8) is 0 Å². The molecule has 2 aromatic rings. The van der Waals surface area contributed by atoms with Crippen molar-refractivity contribution < 1.29 is 4.79 Å². The average molecular weight is 286 g/mol. The van der Waals surface area contributed by atoms with E-state index >= 15 is 0 Å². The first-order chi connectivity index (χ1) is 9.61. The Morgan fingerprint density at radius 3 is 2.35 bits per heavy atom. The normalized spacial score (nSPS) is 15.7. The fourth-order valence-electron chi connectivity index (χ4n) is 2.49. The number of nitrogens with one attached hydrogen (secondary N) is 1. The Hall–Kier alpha value is -1.80. The number of hydrogen-bond acceptors (Lipinski definition) is 1. The number of carbonyl (C=O) groups is 1. The highest BCUT2D eigenvalue weighted by atomic mass is 35.5. The van der Waals surface area contributed by atoms with Crippen molar-refractivity contribution in [3.8, 4) is 0 Å². The van der Waals surface area contributed by atoms with E-state index in [2.05, 4.69) is 5.32 Å². The van der Waals surface area contributed by atoms with Crippen LogP contribution in [0.15, 0.2) is 48.5 Å². The summed E-state index contributed by atoms with van der Waals surface area (Å²) in [5.41, 5.74) is 2.66. The van der Waals surface area contributed by atoms with Crippen LogP contribution in [-0.2, 0) is 5.54 Å². The molecule has 3 heteroatoms. The van der Waals surface area contributed by atoms with Gasteiger partial charge in [-0.3, -0.25) is 4.79 Å². The van der Waals surface area contributed by atoms with Crippen molar-refractivity contribution in [2.24, 2.45) is 0 Å². The van der Waals surface area contributed by atoms with E-state index in [1.54, 1.807) is 0 Å². The fourth-order valence-corrected chi connectivity index (χ4v) is 2.62. The summed E-state index contributed by atoms with van der Waals surface area (Å²) in [6.45, 7) is 1.96. The van der Waals surface area contributed by atoms with Gasteiger partial charge in [-0.15, -0.1) is 0 Å². The first-order valence-electron chi connectivity index (χ1n) is 6.75. The number of benzene rings is 2. The topological polar surface area (TPSA) is 29.1 Å². The molecule has 1 saturated carbocycles. The first-order valence-corrected chi connectivity index (χ1v) is 7.13. The zero-order valence-corrected chi connectivity index (χ0v) is 12.1. The maximum atomic E-state index is 12.4. The molecule has 2 aromatic carbocycles. The quantitative estimate of drug-likeness (QED) is 0.905. The Labute approximate surface area is 123 Å². The number of amides is 1. The highest BCUT2D eigenvalue weighted by molar-refractivity contribution is 6.30. The van der Waals surface area contributed by atoms with Crippen molar-refractivity contribution in [3.05, 3.63) is 70.2 Å². The maximum absolute atomic E-state index is 12.4. The lowest BCUT2D eigenvalue weighted by molar-refractivity contribution is 0.0930. The molecule has 20 heavy (non-hydrogen) atoms. The number of hydrogen-bond donors (Lipinski definition) is 1. The van der Waals surface area contributed by atoms with Crippen LogP contribution in [0.1, 0.15) is 34.3 Å². The van der Waals surface area contributed by atoms with Crippen LogP contribution in [0.5, 0.6) is 0 Å². The molecule has 1 aliphatic carbocycles. The van der Waals surface area contributed by atoms with Gasteiger partial charge in [0.1, 0.15) is 0 Å². The predicted octanol–water partition coefficient (Wildman–Crippen LogP) is 4.07.